The molecule has 3 heterocycles. The van der Waals surface area contributed by atoms with Gasteiger partial charge in [0.1, 0.15) is 0 Å². The summed E-state index contributed by atoms with van der Waals surface area (Å²) in [6.45, 7) is 12.5. The molecule has 0 fully saturated rings. The molecule has 0 aliphatic carbocycles. The van der Waals surface area contributed by atoms with Gasteiger partial charge >= 0.3 is 235 Å². The van der Waals surface area contributed by atoms with Crippen LogP contribution in [-0.4, -0.2) is 24.7 Å². The molecule has 190 valence electrons. The van der Waals surface area contributed by atoms with Crippen molar-refractivity contribution in [3.8, 4) is 18.6 Å². The number of thiophene rings is 2. The van der Waals surface area contributed by atoms with Gasteiger partial charge in [0.2, 0.25) is 0 Å². The molecule has 0 aliphatic rings. The Labute approximate surface area is 233 Å². The van der Waals surface area contributed by atoms with Gasteiger partial charge in [-0.1, -0.05) is 0 Å². The summed E-state index contributed by atoms with van der Waals surface area (Å²) in [5.41, 5.74) is 9.05. The molecule has 0 aliphatic heterocycles. The van der Waals surface area contributed by atoms with Crippen LogP contribution in [0.1, 0.15) is 66.5 Å². The van der Waals surface area contributed by atoms with Gasteiger partial charge in [0.05, 0.1) is 0 Å². The van der Waals surface area contributed by atoms with Crippen LogP contribution >= 0.6 is 22.7 Å². The molecular formula is C32H32O2S2Se. The number of rotatable bonds is 6. The monoisotopic (exact) mass is 592 g/mol. The first kappa shape index (κ1) is 26.4. The van der Waals surface area contributed by atoms with Crippen molar-refractivity contribution in [2.45, 2.75) is 53.8 Å². The molecule has 0 radical (unpaired) electrons. The SMILES string of the molecule is Cc1cc(C)c(C(O)c2ccc(-c3ccc(-c4ccc(C(O)c5c(C)cc(C)cc5C)s4)[se]3)s2)c(C)c1. The summed E-state index contributed by atoms with van der Waals surface area (Å²) in [6.07, 6.45) is -1.20. The van der Waals surface area contributed by atoms with E-state index in [9.17, 15) is 10.2 Å². The minimum atomic E-state index is -0.601. The molecule has 5 heteroatoms. The topological polar surface area (TPSA) is 40.5 Å². The fourth-order valence-corrected chi connectivity index (χ4v) is 9.98. The second-order valence-electron chi connectivity index (χ2n) is 10.00. The van der Waals surface area contributed by atoms with Gasteiger partial charge < -0.3 is 0 Å². The Kier molecular flexibility index (Phi) is 7.48. The van der Waals surface area contributed by atoms with Crippen LogP contribution in [0.2, 0.25) is 0 Å². The van der Waals surface area contributed by atoms with E-state index in [1.54, 1.807) is 22.7 Å². The molecule has 0 amide bonds. The first-order valence-corrected chi connectivity index (χ1v) is 15.8. The molecule has 2 nitrogen and oxygen atoms in total. The van der Waals surface area contributed by atoms with Crippen LogP contribution in [0.15, 0.2) is 60.7 Å². The summed E-state index contributed by atoms with van der Waals surface area (Å²) in [4.78, 5) is 4.43. The summed E-state index contributed by atoms with van der Waals surface area (Å²) >= 11 is 3.57. The number of aryl methyl sites for hydroxylation is 6. The van der Waals surface area contributed by atoms with Gasteiger partial charge in [-0.2, -0.15) is 0 Å². The number of aliphatic hydroxyl groups is 2. The molecule has 5 rings (SSSR count). The number of hydrogen-bond acceptors (Lipinski definition) is 4. The minimum absolute atomic E-state index is 0.186. The Morgan fingerprint density at radius 2 is 0.892 bits per heavy atom. The molecule has 0 bridgehead atoms. The zero-order chi connectivity index (χ0) is 26.4. The quantitative estimate of drug-likeness (QED) is 0.195. The van der Waals surface area contributed by atoms with Crippen LogP contribution in [0.3, 0.4) is 0 Å². The van der Waals surface area contributed by atoms with Gasteiger partial charge in [-0.15, -0.1) is 0 Å². The Morgan fingerprint density at radius 3 is 1.24 bits per heavy atom. The van der Waals surface area contributed by atoms with Gasteiger partial charge in [-0.05, 0) is 0 Å². The average molecular weight is 592 g/mol. The standard InChI is InChI=1S/C32H32O2S2Se/c1-17-13-19(3)29(20(4)14-17)31(33)25-9-7-23(35-25)27-11-12-28(37-27)24-8-10-26(36-24)32(34)30-21(5)15-18(2)16-22(30)6/h7-16,31-34H,1-6H3. The van der Waals surface area contributed by atoms with E-state index in [0.717, 1.165) is 43.1 Å². The third kappa shape index (κ3) is 5.22. The molecule has 2 N–H and O–H groups in total. The van der Waals surface area contributed by atoms with Crippen molar-refractivity contribution in [3.63, 3.8) is 0 Å². The zero-order valence-electron chi connectivity index (χ0n) is 22.0. The van der Waals surface area contributed by atoms with Crippen LogP contribution < -0.4 is 0 Å². The van der Waals surface area contributed by atoms with Crippen molar-refractivity contribution in [2.75, 3.05) is 0 Å². The summed E-state index contributed by atoms with van der Waals surface area (Å²) in [7, 11) is 0. The molecule has 0 saturated heterocycles. The summed E-state index contributed by atoms with van der Waals surface area (Å²) in [5, 5.41) is 22.4. The normalized spacial score (nSPS) is 13.2. The van der Waals surface area contributed by atoms with Gasteiger partial charge in [0, 0.05) is 0 Å². The second kappa shape index (κ2) is 10.5. The summed E-state index contributed by atoms with van der Waals surface area (Å²) in [6, 6.07) is 21.5. The van der Waals surface area contributed by atoms with E-state index in [2.05, 4.69) is 102 Å². The summed E-state index contributed by atoms with van der Waals surface area (Å²) < 4.78 is 2.67. The van der Waals surface area contributed by atoms with E-state index in [4.69, 9.17) is 0 Å². The molecule has 2 unspecified atom stereocenters. The maximum atomic E-state index is 11.2. The van der Waals surface area contributed by atoms with Crippen LogP contribution in [0.4, 0.5) is 0 Å². The first-order chi connectivity index (χ1) is 17.6. The Morgan fingerprint density at radius 1 is 0.541 bits per heavy atom. The molecule has 2 aromatic carbocycles. The predicted molar refractivity (Wildman–Crippen MR) is 159 cm³/mol. The maximum absolute atomic E-state index is 11.2. The van der Waals surface area contributed by atoms with Gasteiger partial charge in [0.15, 0.2) is 0 Å². The molecular weight excluding hydrogens is 559 g/mol. The molecule has 0 saturated carbocycles. The van der Waals surface area contributed by atoms with Crippen molar-refractivity contribution in [3.05, 3.63) is 115 Å². The predicted octanol–water partition coefficient (Wildman–Crippen LogP) is 8.21. The molecule has 0 spiro atoms. The van der Waals surface area contributed by atoms with Crippen molar-refractivity contribution >= 4 is 37.2 Å². The number of benzene rings is 2. The Hall–Kier alpha value is -2.24. The summed E-state index contributed by atoms with van der Waals surface area (Å²) in [5.74, 6) is 0. The average Bonchev–Trinajstić information content (AvgIpc) is 3.57. The molecule has 3 aromatic heterocycles. The van der Waals surface area contributed by atoms with E-state index < -0.39 is 12.2 Å². The van der Waals surface area contributed by atoms with E-state index in [1.165, 1.54) is 29.8 Å². The first-order valence-electron chi connectivity index (χ1n) is 12.4. The molecule has 5 aromatic rings. The van der Waals surface area contributed by atoms with E-state index >= 15 is 0 Å². The van der Waals surface area contributed by atoms with E-state index in [-0.39, 0.29) is 14.5 Å². The second-order valence-corrected chi connectivity index (χ2v) is 14.5. The Balaban J connectivity index is 1.38. The molecule has 2 atom stereocenters. The van der Waals surface area contributed by atoms with E-state index in [1.807, 2.05) is 0 Å². The van der Waals surface area contributed by atoms with Crippen LogP contribution in [0.25, 0.3) is 18.6 Å². The van der Waals surface area contributed by atoms with Crippen molar-refractivity contribution in [1.29, 1.82) is 0 Å². The third-order valence-corrected chi connectivity index (χ3v) is 12.2. The van der Waals surface area contributed by atoms with Gasteiger partial charge in [-0.25, -0.2) is 0 Å². The van der Waals surface area contributed by atoms with Crippen molar-refractivity contribution < 1.29 is 10.2 Å². The number of aliphatic hydroxyl groups excluding tert-OH is 2. The van der Waals surface area contributed by atoms with E-state index in [0.29, 0.717) is 0 Å². The Bertz CT molecular complexity index is 1420. The van der Waals surface area contributed by atoms with Crippen molar-refractivity contribution in [2.24, 2.45) is 0 Å². The number of hydrogen-bond donors (Lipinski definition) is 2. The molecule has 37 heavy (non-hydrogen) atoms. The van der Waals surface area contributed by atoms with Crippen LogP contribution in [0, 0.1) is 41.5 Å². The van der Waals surface area contributed by atoms with Gasteiger partial charge in [0.25, 0.3) is 0 Å². The van der Waals surface area contributed by atoms with Crippen LogP contribution in [0.5, 0.6) is 0 Å². The fourth-order valence-electron chi connectivity index (χ4n) is 5.40. The fraction of sp³-hybridized carbons (Fsp3) is 0.250. The van der Waals surface area contributed by atoms with Crippen LogP contribution in [-0.2, 0) is 0 Å². The van der Waals surface area contributed by atoms with Crippen molar-refractivity contribution in [1.82, 2.24) is 0 Å². The van der Waals surface area contributed by atoms with Gasteiger partial charge in [-0.3, -0.25) is 0 Å². The zero-order valence-corrected chi connectivity index (χ0v) is 25.4. The third-order valence-electron chi connectivity index (χ3n) is 6.91.